The Balaban J connectivity index is 2.82. The van der Waals surface area contributed by atoms with E-state index in [-0.39, 0.29) is 13.2 Å². The van der Waals surface area contributed by atoms with E-state index in [1.54, 1.807) is 13.8 Å². The molecule has 0 radical (unpaired) electrons. The van der Waals surface area contributed by atoms with Crippen molar-refractivity contribution < 1.29 is 19.1 Å². The minimum atomic E-state index is -1.28. The Morgan fingerprint density at radius 1 is 1.17 bits per heavy atom. The fraction of sp³-hybridized carbons (Fsp3) is 0.353. The normalized spacial score (nSPS) is 10.8. The van der Waals surface area contributed by atoms with E-state index in [2.05, 4.69) is 5.32 Å². The molecule has 23 heavy (non-hydrogen) atoms. The van der Waals surface area contributed by atoms with Gasteiger partial charge in [-0.1, -0.05) is 30.3 Å². The standard InChI is InChI=1S/C17H20N2O4/c1-3-22-16(20)15(17(21)23-4-2)19-12-14(11-18)10-13-8-6-5-7-9-13/h5-9,12,15,19H,3-4,10H2,1-2H3/b14-12-. The van der Waals surface area contributed by atoms with Crippen molar-refractivity contribution in [2.24, 2.45) is 0 Å². The number of esters is 2. The molecule has 1 N–H and O–H groups in total. The number of benzene rings is 1. The number of carbonyl (C=O) groups is 2. The van der Waals surface area contributed by atoms with E-state index in [9.17, 15) is 14.9 Å². The van der Waals surface area contributed by atoms with Gasteiger partial charge in [0.05, 0.1) is 19.3 Å². The van der Waals surface area contributed by atoms with Crippen LogP contribution in [-0.4, -0.2) is 31.2 Å². The van der Waals surface area contributed by atoms with Crippen molar-refractivity contribution in [1.29, 1.82) is 5.26 Å². The molecule has 0 aliphatic rings. The molecular formula is C17H20N2O4. The molecule has 122 valence electrons. The summed E-state index contributed by atoms with van der Waals surface area (Å²) in [6.07, 6.45) is 1.74. The van der Waals surface area contributed by atoms with Crippen molar-refractivity contribution in [1.82, 2.24) is 5.32 Å². The molecule has 0 fully saturated rings. The third kappa shape index (κ3) is 6.22. The Kier molecular flexibility index (Phi) is 7.94. The molecule has 0 amide bonds. The summed E-state index contributed by atoms with van der Waals surface area (Å²) in [4.78, 5) is 23.6. The number of hydrogen-bond donors (Lipinski definition) is 1. The molecule has 6 heteroatoms. The quantitative estimate of drug-likeness (QED) is 0.446. The maximum absolute atomic E-state index is 11.8. The molecule has 0 saturated heterocycles. The summed E-state index contributed by atoms with van der Waals surface area (Å²) in [7, 11) is 0. The number of nitriles is 1. The van der Waals surface area contributed by atoms with Gasteiger partial charge in [0.15, 0.2) is 0 Å². The molecular weight excluding hydrogens is 296 g/mol. The summed E-state index contributed by atoms with van der Waals surface area (Å²) < 4.78 is 9.68. The van der Waals surface area contributed by atoms with Crippen LogP contribution >= 0.6 is 0 Å². The Morgan fingerprint density at radius 2 is 1.74 bits per heavy atom. The highest BCUT2D eigenvalue weighted by molar-refractivity contribution is 5.99. The van der Waals surface area contributed by atoms with Crippen LogP contribution in [0.25, 0.3) is 0 Å². The second-order valence-corrected chi connectivity index (χ2v) is 4.55. The maximum Gasteiger partial charge on any atom is 0.340 e. The van der Waals surface area contributed by atoms with Gasteiger partial charge in [-0.25, -0.2) is 9.59 Å². The lowest BCUT2D eigenvalue weighted by atomic mass is 10.1. The first kappa shape index (κ1) is 18.2. The number of ether oxygens (including phenoxy) is 2. The van der Waals surface area contributed by atoms with Crippen LogP contribution in [0.2, 0.25) is 0 Å². The van der Waals surface area contributed by atoms with Gasteiger partial charge in [-0.3, -0.25) is 0 Å². The highest BCUT2D eigenvalue weighted by Gasteiger charge is 2.28. The fourth-order valence-corrected chi connectivity index (χ4v) is 1.81. The summed E-state index contributed by atoms with van der Waals surface area (Å²) in [6, 6.07) is 10.2. The van der Waals surface area contributed by atoms with E-state index in [0.717, 1.165) is 5.56 Å². The average Bonchev–Trinajstić information content (AvgIpc) is 2.55. The van der Waals surface area contributed by atoms with E-state index in [1.165, 1.54) is 6.20 Å². The minimum Gasteiger partial charge on any atom is -0.464 e. The molecule has 6 nitrogen and oxygen atoms in total. The average molecular weight is 316 g/mol. The van der Waals surface area contributed by atoms with Crippen molar-refractivity contribution in [2.45, 2.75) is 26.3 Å². The zero-order valence-electron chi connectivity index (χ0n) is 13.2. The second kappa shape index (κ2) is 10.0. The second-order valence-electron chi connectivity index (χ2n) is 4.55. The molecule has 1 rings (SSSR count). The highest BCUT2D eigenvalue weighted by atomic mass is 16.6. The lowest BCUT2D eigenvalue weighted by Gasteiger charge is -2.14. The predicted octanol–water partition coefficient (Wildman–Crippen LogP) is 1.72. The predicted molar refractivity (Wildman–Crippen MR) is 84.0 cm³/mol. The van der Waals surface area contributed by atoms with Crippen LogP contribution in [0.5, 0.6) is 0 Å². The van der Waals surface area contributed by atoms with Crippen LogP contribution in [0, 0.1) is 11.3 Å². The molecule has 0 bridgehead atoms. The van der Waals surface area contributed by atoms with Gasteiger partial charge in [0.25, 0.3) is 0 Å². The topological polar surface area (TPSA) is 88.4 Å². The molecule has 0 atom stereocenters. The summed E-state index contributed by atoms with van der Waals surface area (Å²) in [5.41, 5.74) is 1.33. The van der Waals surface area contributed by atoms with Gasteiger partial charge < -0.3 is 14.8 Å². The first-order chi connectivity index (χ1) is 11.1. The summed E-state index contributed by atoms with van der Waals surface area (Å²) in [6.45, 7) is 3.59. The van der Waals surface area contributed by atoms with Gasteiger partial charge >= 0.3 is 11.9 Å². The van der Waals surface area contributed by atoms with Gasteiger partial charge in [0.2, 0.25) is 6.04 Å². The van der Waals surface area contributed by atoms with Gasteiger partial charge in [-0.2, -0.15) is 5.26 Å². The van der Waals surface area contributed by atoms with Gasteiger partial charge in [0.1, 0.15) is 0 Å². The Morgan fingerprint density at radius 3 is 2.22 bits per heavy atom. The van der Waals surface area contributed by atoms with Gasteiger partial charge in [0, 0.05) is 18.2 Å². The van der Waals surface area contributed by atoms with Crippen LogP contribution in [-0.2, 0) is 25.5 Å². The number of rotatable bonds is 8. The summed E-state index contributed by atoms with van der Waals surface area (Å²) >= 11 is 0. The van der Waals surface area contributed by atoms with Crippen molar-refractivity contribution in [2.75, 3.05) is 13.2 Å². The highest BCUT2D eigenvalue weighted by Crippen LogP contribution is 2.07. The molecule has 0 saturated carbocycles. The van der Waals surface area contributed by atoms with E-state index in [4.69, 9.17) is 9.47 Å². The SMILES string of the molecule is CCOC(=O)C(N/C=C(\C#N)Cc1ccccc1)C(=O)OCC. The monoisotopic (exact) mass is 316 g/mol. The smallest absolute Gasteiger partial charge is 0.340 e. The summed E-state index contributed by atoms with van der Waals surface area (Å²) in [5, 5.41) is 11.8. The van der Waals surface area contributed by atoms with Crippen LogP contribution in [0.1, 0.15) is 19.4 Å². The molecule has 0 heterocycles. The Bertz CT molecular complexity index is 572. The lowest BCUT2D eigenvalue weighted by Crippen LogP contribution is -2.43. The number of nitrogens with one attached hydrogen (secondary N) is 1. The van der Waals surface area contributed by atoms with Crippen molar-refractivity contribution in [3.63, 3.8) is 0 Å². The maximum atomic E-state index is 11.8. The van der Waals surface area contributed by atoms with Crippen molar-refractivity contribution in [3.8, 4) is 6.07 Å². The van der Waals surface area contributed by atoms with E-state index >= 15 is 0 Å². The van der Waals surface area contributed by atoms with Crippen LogP contribution < -0.4 is 5.32 Å². The molecule has 1 aromatic rings. The van der Waals surface area contributed by atoms with Crippen molar-refractivity contribution >= 4 is 11.9 Å². The van der Waals surface area contributed by atoms with Crippen molar-refractivity contribution in [3.05, 3.63) is 47.7 Å². The summed E-state index contributed by atoms with van der Waals surface area (Å²) in [5.74, 6) is -1.47. The lowest BCUT2D eigenvalue weighted by molar-refractivity contribution is -0.157. The fourth-order valence-electron chi connectivity index (χ4n) is 1.81. The van der Waals surface area contributed by atoms with E-state index in [0.29, 0.717) is 12.0 Å². The van der Waals surface area contributed by atoms with Crippen LogP contribution in [0.4, 0.5) is 0 Å². The zero-order valence-corrected chi connectivity index (χ0v) is 13.2. The molecule has 0 aliphatic heterocycles. The number of carbonyl (C=O) groups excluding carboxylic acids is 2. The minimum absolute atomic E-state index is 0.148. The number of nitrogens with zero attached hydrogens (tertiary/aromatic N) is 1. The van der Waals surface area contributed by atoms with Gasteiger partial charge in [-0.15, -0.1) is 0 Å². The first-order valence-electron chi connectivity index (χ1n) is 7.34. The van der Waals surface area contributed by atoms with Crippen LogP contribution in [0.15, 0.2) is 42.1 Å². The van der Waals surface area contributed by atoms with Gasteiger partial charge in [-0.05, 0) is 19.4 Å². The van der Waals surface area contributed by atoms with Crippen LogP contribution in [0.3, 0.4) is 0 Å². The Labute approximate surface area is 135 Å². The third-order valence-corrected chi connectivity index (χ3v) is 2.85. The molecule has 0 aromatic heterocycles. The largest absolute Gasteiger partial charge is 0.464 e. The molecule has 1 aromatic carbocycles. The third-order valence-electron chi connectivity index (χ3n) is 2.85. The number of hydrogen-bond acceptors (Lipinski definition) is 6. The zero-order chi connectivity index (χ0) is 17.1. The van der Waals surface area contributed by atoms with E-state index in [1.807, 2.05) is 36.4 Å². The van der Waals surface area contributed by atoms with E-state index < -0.39 is 18.0 Å². The molecule has 0 unspecified atom stereocenters. The Hall–Kier alpha value is -2.81. The first-order valence-corrected chi connectivity index (χ1v) is 7.34. The molecule has 0 aliphatic carbocycles. The molecule has 0 spiro atoms. The number of allylic oxidation sites excluding steroid dienone is 1.